The Hall–Kier alpha value is -2.65. The van der Waals surface area contributed by atoms with Crippen LogP contribution in [0.4, 0.5) is 11.4 Å². The van der Waals surface area contributed by atoms with Crippen LogP contribution >= 0.6 is 15.9 Å². The number of benzene rings is 2. The van der Waals surface area contributed by atoms with Gasteiger partial charge in [0.1, 0.15) is 0 Å². The highest BCUT2D eigenvalue weighted by Crippen LogP contribution is 2.24. The molecule has 1 saturated heterocycles. The Bertz CT molecular complexity index is 1030. The van der Waals surface area contributed by atoms with Gasteiger partial charge >= 0.3 is 0 Å². The predicted octanol–water partition coefficient (Wildman–Crippen LogP) is 3.15. The molecule has 30 heavy (non-hydrogen) atoms. The second kappa shape index (κ2) is 9.90. The number of anilines is 2. The number of hydrogen-bond donors (Lipinski definition) is 2. The van der Waals surface area contributed by atoms with E-state index in [2.05, 4.69) is 26.6 Å². The molecule has 9 heteroatoms. The van der Waals surface area contributed by atoms with Crippen molar-refractivity contribution in [1.29, 1.82) is 0 Å². The van der Waals surface area contributed by atoms with Crippen LogP contribution in [0.25, 0.3) is 6.08 Å². The van der Waals surface area contributed by atoms with E-state index in [1.807, 2.05) is 12.1 Å². The third kappa shape index (κ3) is 6.17. The van der Waals surface area contributed by atoms with E-state index < -0.39 is 10.0 Å². The minimum Gasteiger partial charge on any atom is -0.352 e. The second-order valence-electron chi connectivity index (χ2n) is 6.76. The van der Waals surface area contributed by atoms with Gasteiger partial charge < -0.3 is 10.6 Å². The molecule has 0 bridgehead atoms. The van der Waals surface area contributed by atoms with Gasteiger partial charge in [-0.25, -0.2) is 8.42 Å². The third-order valence-corrected chi connectivity index (χ3v) is 6.88. The minimum atomic E-state index is -3.20. The predicted molar refractivity (Wildman–Crippen MR) is 122 cm³/mol. The van der Waals surface area contributed by atoms with Crippen molar-refractivity contribution in [3.05, 3.63) is 64.6 Å². The maximum atomic E-state index is 12.0. The Morgan fingerprint density at radius 3 is 2.40 bits per heavy atom. The number of carbonyl (C=O) groups is 2. The standard InChI is InChI=1S/C21H22BrN3O4S/c22-17-5-7-18(8-6-17)24-21(27)12-13-23-20(26)11-4-16-2-9-19(10-3-16)25-14-1-15-30(25,28)29/h2-11H,1,12-15H2,(H,23,26)(H,24,27). The maximum Gasteiger partial charge on any atom is 0.244 e. The first-order valence-electron chi connectivity index (χ1n) is 9.45. The third-order valence-electron chi connectivity index (χ3n) is 4.49. The fourth-order valence-corrected chi connectivity index (χ4v) is 4.80. The van der Waals surface area contributed by atoms with Crippen molar-refractivity contribution in [2.75, 3.05) is 28.5 Å². The average molecular weight is 492 g/mol. The lowest BCUT2D eigenvalue weighted by Gasteiger charge is -2.16. The summed E-state index contributed by atoms with van der Waals surface area (Å²) in [5, 5.41) is 5.42. The van der Waals surface area contributed by atoms with Gasteiger partial charge in [-0.2, -0.15) is 0 Å². The fourth-order valence-electron chi connectivity index (χ4n) is 2.97. The van der Waals surface area contributed by atoms with Crippen molar-refractivity contribution in [3.8, 4) is 0 Å². The van der Waals surface area contributed by atoms with Crippen molar-refractivity contribution in [3.63, 3.8) is 0 Å². The zero-order valence-corrected chi connectivity index (χ0v) is 18.6. The number of rotatable bonds is 7. The summed E-state index contributed by atoms with van der Waals surface area (Å²) < 4.78 is 26.2. The number of halogens is 1. The van der Waals surface area contributed by atoms with E-state index in [-0.39, 0.29) is 30.5 Å². The van der Waals surface area contributed by atoms with Gasteiger partial charge in [0.05, 0.1) is 11.4 Å². The van der Waals surface area contributed by atoms with Gasteiger partial charge in [0.15, 0.2) is 0 Å². The van der Waals surface area contributed by atoms with E-state index in [4.69, 9.17) is 0 Å². The highest BCUT2D eigenvalue weighted by Gasteiger charge is 2.28. The Labute approximate surface area is 184 Å². The molecule has 1 fully saturated rings. The zero-order chi connectivity index (χ0) is 21.6. The first-order chi connectivity index (χ1) is 14.3. The summed E-state index contributed by atoms with van der Waals surface area (Å²) in [7, 11) is -3.20. The molecule has 0 aliphatic carbocycles. The number of nitrogens with zero attached hydrogens (tertiary/aromatic N) is 1. The van der Waals surface area contributed by atoms with Crippen LogP contribution < -0.4 is 14.9 Å². The summed E-state index contributed by atoms with van der Waals surface area (Å²) in [6.07, 6.45) is 3.81. The molecule has 7 nitrogen and oxygen atoms in total. The summed E-state index contributed by atoms with van der Waals surface area (Å²) in [4.78, 5) is 23.8. The minimum absolute atomic E-state index is 0.161. The van der Waals surface area contributed by atoms with Gasteiger partial charge in [-0.3, -0.25) is 13.9 Å². The van der Waals surface area contributed by atoms with Gasteiger partial charge in [0, 0.05) is 35.7 Å². The molecule has 0 atom stereocenters. The SMILES string of the molecule is O=C(C=Cc1ccc(N2CCCS2(=O)=O)cc1)NCCC(=O)Nc1ccc(Br)cc1. The monoisotopic (exact) mass is 491 g/mol. The molecule has 2 N–H and O–H groups in total. The lowest BCUT2D eigenvalue weighted by Crippen LogP contribution is -2.26. The van der Waals surface area contributed by atoms with Crippen molar-refractivity contribution in [1.82, 2.24) is 5.32 Å². The summed E-state index contributed by atoms with van der Waals surface area (Å²) >= 11 is 3.33. The Morgan fingerprint density at radius 2 is 1.77 bits per heavy atom. The van der Waals surface area contributed by atoms with Crippen LogP contribution in [0.3, 0.4) is 0 Å². The van der Waals surface area contributed by atoms with Gasteiger partial charge in [-0.1, -0.05) is 28.1 Å². The van der Waals surface area contributed by atoms with Crippen molar-refractivity contribution in [2.24, 2.45) is 0 Å². The molecule has 1 heterocycles. The molecule has 0 saturated carbocycles. The van der Waals surface area contributed by atoms with Crippen LogP contribution in [0, 0.1) is 0 Å². The molecule has 2 aromatic carbocycles. The first kappa shape index (κ1) is 22.0. The average Bonchev–Trinajstić information content (AvgIpc) is 3.07. The number of hydrogen-bond acceptors (Lipinski definition) is 4. The molecule has 0 spiro atoms. The normalized spacial score (nSPS) is 15.3. The topological polar surface area (TPSA) is 95.6 Å². The summed E-state index contributed by atoms with van der Waals surface area (Å²) in [5.74, 6) is -0.317. The summed E-state index contributed by atoms with van der Waals surface area (Å²) in [6.45, 7) is 0.715. The van der Waals surface area contributed by atoms with Gasteiger partial charge in [0.2, 0.25) is 21.8 Å². The van der Waals surface area contributed by atoms with E-state index >= 15 is 0 Å². The van der Waals surface area contributed by atoms with Crippen molar-refractivity contribution < 1.29 is 18.0 Å². The van der Waals surface area contributed by atoms with Crippen LogP contribution in [-0.2, 0) is 19.6 Å². The van der Waals surface area contributed by atoms with Crippen LogP contribution in [0.5, 0.6) is 0 Å². The molecule has 0 unspecified atom stereocenters. The number of sulfonamides is 1. The van der Waals surface area contributed by atoms with Crippen LogP contribution in [0.15, 0.2) is 59.1 Å². The first-order valence-corrected chi connectivity index (χ1v) is 11.9. The quantitative estimate of drug-likeness (QED) is 0.581. The van der Waals surface area contributed by atoms with Crippen LogP contribution in [0.1, 0.15) is 18.4 Å². The number of nitrogens with one attached hydrogen (secondary N) is 2. The van der Waals surface area contributed by atoms with E-state index in [9.17, 15) is 18.0 Å². The maximum absolute atomic E-state index is 12.0. The molecule has 158 valence electrons. The Morgan fingerprint density at radius 1 is 1.07 bits per heavy atom. The largest absolute Gasteiger partial charge is 0.352 e. The van der Waals surface area contributed by atoms with Crippen LogP contribution in [0.2, 0.25) is 0 Å². The smallest absolute Gasteiger partial charge is 0.244 e. The second-order valence-corrected chi connectivity index (χ2v) is 9.69. The van der Waals surface area contributed by atoms with Gasteiger partial charge in [-0.15, -0.1) is 0 Å². The van der Waals surface area contributed by atoms with E-state index in [1.165, 1.54) is 10.4 Å². The Kier molecular flexibility index (Phi) is 7.28. The van der Waals surface area contributed by atoms with Crippen LogP contribution in [-0.4, -0.2) is 39.1 Å². The van der Waals surface area contributed by atoms with E-state index in [0.717, 1.165) is 10.0 Å². The lowest BCUT2D eigenvalue weighted by molar-refractivity contribution is -0.117. The van der Waals surface area contributed by atoms with E-state index in [1.54, 1.807) is 42.5 Å². The molecule has 0 aromatic heterocycles. The zero-order valence-electron chi connectivity index (χ0n) is 16.2. The molecule has 3 rings (SSSR count). The molecule has 2 aromatic rings. The molecular formula is C21H22BrN3O4S. The molecule has 1 aliphatic rings. The molecular weight excluding hydrogens is 470 g/mol. The Balaban J connectivity index is 1.43. The summed E-state index contributed by atoms with van der Waals surface area (Å²) in [5.41, 5.74) is 2.10. The highest BCUT2D eigenvalue weighted by atomic mass is 79.9. The number of carbonyl (C=O) groups excluding carboxylic acids is 2. The van der Waals surface area contributed by atoms with Crippen molar-refractivity contribution in [2.45, 2.75) is 12.8 Å². The summed E-state index contributed by atoms with van der Waals surface area (Å²) in [6, 6.07) is 14.2. The molecule has 2 amide bonds. The molecule has 0 radical (unpaired) electrons. The van der Waals surface area contributed by atoms with Gasteiger partial charge in [-0.05, 0) is 54.5 Å². The fraction of sp³-hybridized carbons (Fsp3) is 0.238. The number of amides is 2. The van der Waals surface area contributed by atoms with Crippen molar-refractivity contribution >= 4 is 55.2 Å². The van der Waals surface area contributed by atoms with E-state index in [0.29, 0.717) is 24.3 Å². The van der Waals surface area contributed by atoms with Gasteiger partial charge in [0.25, 0.3) is 0 Å². The molecule has 1 aliphatic heterocycles. The highest BCUT2D eigenvalue weighted by molar-refractivity contribution is 9.10. The lowest BCUT2D eigenvalue weighted by atomic mass is 10.2.